The van der Waals surface area contributed by atoms with E-state index in [1.165, 1.54) is 24.8 Å². The Morgan fingerprint density at radius 2 is 1.75 bits per heavy atom. The monoisotopic (exact) mass is 275 g/mol. The first-order valence-electron chi connectivity index (χ1n) is 7.87. The molecule has 0 heterocycles. The number of para-hydroxylation sites is 1. The third-order valence-corrected chi connectivity index (χ3v) is 4.51. The van der Waals surface area contributed by atoms with Crippen LogP contribution in [0.25, 0.3) is 0 Å². The first-order chi connectivity index (χ1) is 9.32. The predicted molar refractivity (Wildman–Crippen MR) is 84.9 cm³/mol. The number of hydrogen-bond donors (Lipinski definition) is 1. The fourth-order valence-corrected chi connectivity index (χ4v) is 3.20. The third-order valence-electron chi connectivity index (χ3n) is 4.51. The van der Waals surface area contributed by atoms with Crippen molar-refractivity contribution in [2.45, 2.75) is 71.4 Å². The van der Waals surface area contributed by atoms with Crippen molar-refractivity contribution in [2.75, 3.05) is 0 Å². The zero-order chi connectivity index (χ0) is 14.8. The lowest BCUT2D eigenvalue weighted by Gasteiger charge is -2.31. The van der Waals surface area contributed by atoms with Crippen molar-refractivity contribution < 1.29 is 4.74 Å². The number of ether oxygens (including phenoxy) is 1. The number of benzene rings is 1. The zero-order valence-corrected chi connectivity index (χ0v) is 13.4. The van der Waals surface area contributed by atoms with Crippen LogP contribution in [0.3, 0.4) is 0 Å². The molecule has 2 heteroatoms. The normalized spacial score (nSPS) is 26.3. The van der Waals surface area contributed by atoms with E-state index in [0.717, 1.165) is 18.6 Å². The lowest BCUT2D eigenvalue weighted by molar-refractivity contribution is 0.230. The number of nitrogens with two attached hydrogens (primary N) is 1. The second-order valence-corrected chi connectivity index (χ2v) is 7.34. The second kappa shape index (κ2) is 5.77. The number of rotatable bonds is 3. The van der Waals surface area contributed by atoms with Crippen molar-refractivity contribution in [3.8, 4) is 5.75 Å². The van der Waals surface area contributed by atoms with E-state index in [0.29, 0.717) is 5.41 Å². The highest BCUT2D eigenvalue weighted by atomic mass is 16.5. The van der Waals surface area contributed by atoms with Crippen molar-refractivity contribution in [1.29, 1.82) is 0 Å². The summed E-state index contributed by atoms with van der Waals surface area (Å²) in [5.74, 6) is 0.963. The Morgan fingerprint density at radius 1 is 1.05 bits per heavy atom. The van der Waals surface area contributed by atoms with Crippen LogP contribution in [0.1, 0.15) is 65.4 Å². The molecule has 112 valence electrons. The van der Waals surface area contributed by atoms with Gasteiger partial charge in [-0.25, -0.2) is 0 Å². The fourth-order valence-electron chi connectivity index (χ4n) is 3.20. The summed E-state index contributed by atoms with van der Waals surface area (Å²) in [6, 6.07) is 8.31. The van der Waals surface area contributed by atoms with E-state index in [-0.39, 0.29) is 11.6 Å². The summed E-state index contributed by atoms with van der Waals surface area (Å²) in [7, 11) is 0. The van der Waals surface area contributed by atoms with Gasteiger partial charge in [0.15, 0.2) is 0 Å². The van der Waals surface area contributed by atoms with Crippen LogP contribution < -0.4 is 10.5 Å². The van der Waals surface area contributed by atoms with Gasteiger partial charge in [-0.1, -0.05) is 38.5 Å². The molecule has 0 spiro atoms. The van der Waals surface area contributed by atoms with Gasteiger partial charge in [0.2, 0.25) is 0 Å². The molecule has 0 amide bonds. The average molecular weight is 275 g/mol. The van der Waals surface area contributed by atoms with Crippen molar-refractivity contribution >= 4 is 0 Å². The first-order valence-corrected chi connectivity index (χ1v) is 7.87. The molecular formula is C18H29NO. The summed E-state index contributed by atoms with van der Waals surface area (Å²) in [6.45, 7) is 8.84. The van der Waals surface area contributed by atoms with E-state index in [1.807, 2.05) is 6.07 Å². The van der Waals surface area contributed by atoms with Gasteiger partial charge >= 0.3 is 0 Å². The van der Waals surface area contributed by atoms with E-state index in [1.54, 1.807) is 0 Å². The van der Waals surface area contributed by atoms with Crippen LogP contribution in [0.15, 0.2) is 24.3 Å². The van der Waals surface area contributed by atoms with Gasteiger partial charge in [-0.2, -0.15) is 0 Å². The van der Waals surface area contributed by atoms with Crippen LogP contribution in [0.5, 0.6) is 5.75 Å². The summed E-state index contributed by atoms with van der Waals surface area (Å²) >= 11 is 0. The maximum atomic E-state index is 6.80. The Hall–Kier alpha value is -1.02. The Labute approximate surface area is 123 Å². The summed E-state index contributed by atoms with van der Waals surface area (Å²) in [5.41, 5.74) is 8.16. The minimum absolute atomic E-state index is 0.182. The molecule has 1 aliphatic carbocycles. The Kier molecular flexibility index (Phi) is 4.43. The van der Waals surface area contributed by atoms with Gasteiger partial charge in [-0.15, -0.1) is 0 Å². The molecule has 20 heavy (non-hydrogen) atoms. The minimum atomic E-state index is -0.237. The van der Waals surface area contributed by atoms with Crippen molar-refractivity contribution in [3.05, 3.63) is 29.8 Å². The van der Waals surface area contributed by atoms with Crippen LogP contribution in [-0.4, -0.2) is 6.10 Å². The highest BCUT2D eigenvalue weighted by Gasteiger charge is 2.35. The highest BCUT2D eigenvalue weighted by Crippen LogP contribution is 2.43. The van der Waals surface area contributed by atoms with Gasteiger partial charge in [0.1, 0.15) is 5.75 Å². The van der Waals surface area contributed by atoms with Gasteiger partial charge in [-0.3, -0.25) is 0 Å². The molecule has 1 aromatic carbocycles. The molecule has 2 N–H and O–H groups in total. The topological polar surface area (TPSA) is 35.2 Å². The molecule has 1 aromatic rings. The van der Waals surface area contributed by atoms with Crippen LogP contribution >= 0.6 is 0 Å². The summed E-state index contributed by atoms with van der Waals surface area (Å²) in [5, 5.41) is 0. The largest absolute Gasteiger partial charge is 0.491 e. The molecule has 1 unspecified atom stereocenters. The van der Waals surface area contributed by atoms with E-state index in [9.17, 15) is 0 Å². The van der Waals surface area contributed by atoms with Gasteiger partial charge in [-0.05, 0) is 51.0 Å². The second-order valence-electron chi connectivity index (χ2n) is 7.34. The van der Waals surface area contributed by atoms with Crippen LogP contribution in [0.4, 0.5) is 0 Å². The Balaban J connectivity index is 2.29. The molecule has 1 aliphatic rings. The quantitative estimate of drug-likeness (QED) is 0.817. The van der Waals surface area contributed by atoms with Crippen molar-refractivity contribution in [3.63, 3.8) is 0 Å². The standard InChI is InChI=1S/C18H29NO/c1-14(2)20-16-9-6-5-8-15(16)18(19)11-7-10-17(3,4)12-13-18/h5-6,8-9,14H,7,10-13,19H2,1-4H3. The average Bonchev–Trinajstić information content (AvgIpc) is 2.49. The SMILES string of the molecule is CC(C)Oc1ccccc1C1(N)CCCC(C)(C)CC1. The Bertz CT molecular complexity index is 452. The predicted octanol–water partition coefficient (Wildman–Crippen LogP) is 4.62. The van der Waals surface area contributed by atoms with Crippen molar-refractivity contribution in [2.24, 2.45) is 11.1 Å². The summed E-state index contributed by atoms with van der Waals surface area (Å²) in [6.07, 6.45) is 5.91. The van der Waals surface area contributed by atoms with Gasteiger partial charge in [0.25, 0.3) is 0 Å². The molecule has 0 bridgehead atoms. The molecule has 0 aliphatic heterocycles. The summed E-state index contributed by atoms with van der Waals surface area (Å²) < 4.78 is 5.98. The maximum absolute atomic E-state index is 6.80. The van der Waals surface area contributed by atoms with E-state index >= 15 is 0 Å². The van der Waals surface area contributed by atoms with E-state index in [4.69, 9.17) is 10.5 Å². The van der Waals surface area contributed by atoms with Gasteiger partial charge in [0, 0.05) is 11.1 Å². The van der Waals surface area contributed by atoms with Crippen LogP contribution in [0.2, 0.25) is 0 Å². The smallest absolute Gasteiger partial charge is 0.124 e. The third kappa shape index (κ3) is 3.54. The molecule has 2 rings (SSSR count). The molecule has 0 aromatic heterocycles. The number of hydrogen-bond acceptors (Lipinski definition) is 2. The first kappa shape index (κ1) is 15.4. The maximum Gasteiger partial charge on any atom is 0.124 e. The minimum Gasteiger partial charge on any atom is -0.491 e. The highest BCUT2D eigenvalue weighted by molar-refractivity contribution is 5.39. The van der Waals surface area contributed by atoms with Crippen molar-refractivity contribution in [1.82, 2.24) is 0 Å². The molecule has 1 atom stereocenters. The molecule has 1 fully saturated rings. The molecular weight excluding hydrogens is 246 g/mol. The van der Waals surface area contributed by atoms with Crippen LogP contribution in [0, 0.1) is 5.41 Å². The lowest BCUT2D eigenvalue weighted by Crippen LogP contribution is -2.37. The van der Waals surface area contributed by atoms with Crippen LogP contribution in [-0.2, 0) is 5.54 Å². The molecule has 2 nitrogen and oxygen atoms in total. The van der Waals surface area contributed by atoms with E-state index in [2.05, 4.69) is 45.9 Å². The fraction of sp³-hybridized carbons (Fsp3) is 0.667. The lowest BCUT2D eigenvalue weighted by atomic mass is 9.81. The Morgan fingerprint density at radius 3 is 2.45 bits per heavy atom. The molecule has 0 radical (unpaired) electrons. The van der Waals surface area contributed by atoms with Gasteiger partial charge < -0.3 is 10.5 Å². The summed E-state index contributed by atoms with van der Waals surface area (Å²) in [4.78, 5) is 0. The zero-order valence-electron chi connectivity index (χ0n) is 13.4. The molecule has 0 saturated heterocycles. The van der Waals surface area contributed by atoms with E-state index < -0.39 is 0 Å². The molecule has 1 saturated carbocycles. The van der Waals surface area contributed by atoms with Gasteiger partial charge in [0.05, 0.1) is 6.10 Å².